The molecule has 2 fully saturated rings. The van der Waals surface area contributed by atoms with Crippen LogP contribution in [0.2, 0.25) is 0 Å². The standard InChI is InChI=1S/C30H40N4O3/c1-19-20(2)33(21(3)35)27-15-14-23(16-26(27)28(19)31-22-10-8-7-9-11-22)32-17-24-12-13-25(18-32)34(24)29(36)37-30(4,5)6/h7-11,14-16,19-20,24-25,28,31H,12-13,17-18H2,1-6H3/t19-,20-,24-,25+,28+/m0/s1. The van der Waals surface area contributed by atoms with Crippen LogP contribution >= 0.6 is 0 Å². The molecular formula is C30H40N4O3. The number of benzene rings is 2. The lowest BCUT2D eigenvalue weighted by Crippen LogP contribution is -2.56. The van der Waals surface area contributed by atoms with E-state index in [1.807, 2.05) is 48.8 Å². The fourth-order valence-electron chi connectivity index (χ4n) is 6.33. The molecule has 5 rings (SSSR count). The normalized spacial score (nSPS) is 27.1. The summed E-state index contributed by atoms with van der Waals surface area (Å²) in [4.78, 5) is 32.0. The van der Waals surface area contributed by atoms with Crippen molar-refractivity contribution in [2.75, 3.05) is 28.2 Å². The molecule has 7 nitrogen and oxygen atoms in total. The number of carbonyl (C=O) groups excluding carboxylic acids is 2. The zero-order valence-corrected chi connectivity index (χ0v) is 22.9. The molecule has 3 aliphatic heterocycles. The van der Waals surface area contributed by atoms with E-state index in [9.17, 15) is 9.59 Å². The molecule has 0 spiro atoms. The van der Waals surface area contributed by atoms with Crippen LogP contribution in [0.5, 0.6) is 0 Å². The Bertz CT molecular complexity index is 1150. The predicted molar refractivity (Wildman–Crippen MR) is 148 cm³/mol. The van der Waals surface area contributed by atoms with Crippen LogP contribution in [0.4, 0.5) is 21.9 Å². The topological polar surface area (TPSA) is 65.1 Å². The van der Waals surface area contributed by atoms with Gasteiger partial charge in [-0.05, 0) is 70.9 Å². The zero-order chi connectivity index (χ0) is 26.5. The van der Waals surface area contributed by atoms with Crippen LogP contribution in [-0.4, -0.2) is 53.7 Å². The molecule has 2 aromatic carbocycles. The van der Waals surface area contributed by atoms with Crippen LogP contribution in [0.1, 0.15) is 66.0 Å². The van der Waals surface area contributed by atoms with Gasteiger partial charge >= 0.3 is 6.09 Å². The molecule has 2 bridgehead atoms. The Kier molecular flexibility index (Phi) is 6.59. The lowest BCUT2D eigenvalue weighted by atomic mass is 9.82. The van der Waals surface area contributed by atoms with Gasteiger partial charge in [-0.25, -0.2) is 4.79 Å². The van der Waals surface area contributed by atoms with Gasteiger partial charge in [0.2, 0.25) is 5.91 Å². The van der Waals surface area contributed by atoms with Crippen molar-refractivity contribution in [2.24, 2.45) is 5.92 Å². The number of carbonyl (C=O) groups is 2. The van der Waals surface area contributed by atoms with E-state index in [0.717, 1.165) is 48.6 Å². The van der Waals surface area contributed by atoms with Crippen molar-refractivity contribution in [3.8, 4) is 0 Å². The second-order valence-corrected chi connectivity index (χ2v) is 11.9. The minimum atomic E-state index is -0.497. The number of piperazine rings is 1. The molecule has 37 heavy (non-hydrogen) atoms. The summed E-state index contributed by atoms with van der Waals surface area (Å²) in [5.41, 5.74) is 3.84. The van der Waals surface area contributed by atoms with E-state index in [0.29, 0.717) is 0 Å². The lowest BCUT2D eigenvalue weighted by Gasteiger charge is -2.45. The molecule has 3 aliphatic rings. The highest BCUT2D eigenvalue weighted by atomic mass is 16.6. The number of hydrogen-bond donors (Lipinski definition) is 1. The van der Waals surface area contributed by atoms with Gasteiger partial charge in [0.05, 0.1) is 18.1 Å². The molecular weight excluding hydrogens is 464 g/mol. The number of anilines is 3. The van der Waals surface area contributed by atoms with E-state index >= 15 is 0 Å². The van der Waals surface area contributed by atoms with E-state index < -0.39 is 5.60 Å². The van der Waals surface area contributed by atoms with Gasteiger partial charge in [-0.2, -0.15) is 0 Å². The molecule has 0 aromatic heterocycles. The molecule has 0 saturated carbocycles. The Labute approximate surface area is 220 Å². The van der Waals surface area contributed by atoms with Crippen molar-refractivity contribution < 1.29 is 14.3 Å². The Morgan fingerprint density at radius 1 is 0.973 bits per heavy atom. The number of ether oxygens (including phenoxy) is 1. The minimum Gasteiger partial charge on any atom is -0.444 e. The summed E-state index contributed by atoms with van der Waals surface area (Å²) in [5.74, 6) is 0.280. The predicted octanol–water partition coefficient (Wildman–Crippen LogP) is 5.82. The summed E-state index contributed by atoms with van der Waals surface area (Å²) in [6.45, 7) is 13.3. The van der Waals surface area contributed by atoms with Crippen LogP contribution in [-0.2, 0) is 9.53 Å². The highest BCUT2D eigenvalue weighted by molar-refractivity contribution is 5.94. The first-order valence-corrected chi connectivity index (χ1v) is 13.5. The summed E-state index contributed by atoms with van der Waals surface area (Å²) >= 11 is 0. The van der Waals surface area contributed by atoms with Gasteiger partial charge in [0.15, 0.2) is 0 Å². The molecule has 0 aliphatic carbocycles. The maximum absolute atomic E-state index is 12.9. The Hall–Kier alpha value is -3.22. The lowest BCUT2D eigenvalue weighted by molar-refractivity contribution is -0.117. The minimum absolute atomic E-state index is 0.0653. The third-order valence-electron chi connectivity index (χ3n) is 8.19. The molecule has 198 valence electrons. The summed E-state index contributed by atoms with van der Waals surface area (Å²) in [7, 11) is 0. The van der Waals surface area contributed by atoms with Gasteiger partial charge < -0.3 is 19.9 Å². The maximum Gasteiger partial charge on any atom is 0.410 e. The van der Waals surface area contributed by atoms with Gasteiger partial charge in [-0.15, -0.1) is 0 Å². The van der Waals surface area contributed by atoms with E-state index in [1.54, 1.807) is 6.92 Å². The Morgan fingerprint density at radius 2 is 1.62 bits per heavy atom. The zero-order valence-electron chi connectivity index (χ0n) is 22.9. The quantitative estimate of drug-likeness (QED) is 0.571. The molecule has 0 unspecified atom stereocenters. The van der Waals surface area contributed by atoms with Crippen LogP contribution in [0, 0.1) is 5.92 Å². The molecule has 0 radical (unpaired) electrons. The average molecular weight is 505 g/mol. The van der Waals surface area contributed by atoms with Crippen molar-refractivity contribution in [2.45, 2.75) is 84.2 Å². The summed E-state index contributed by atoms with van der Waals surface area (Å²) < 4.78 is 5.72. The first-order chi connectivity index (χ1) is 17.5. The van der Waals surface area contributed by atoms with E-state index in [1.165, 1.54) is 0 Å². The third-order valence-corrected chi connectivity index (χ3v) is 8.19. The molecule has 5 atom stereocenters. The highest BCUT2D eigenvalue weighted by Crippen LogP contribution is 2.45. The number of rotatable bonds is 3. The molecule has 3 heterocycles. The highest BCUT2D eigenvalue weighted by Gasteiger charge is 2.45. The summed E-state index contributed by atoms with van der Waals surface area (Å²) in [6, 6.07) is 17.2. The van der Waals surface area contributed by atoms with Crippen molar-refractivity contribution in [3.05, 3.63) is 54.1 Å². The largest absolute Gasteiger partial charge is 0.444 e. The molecule has 2 amide bonds. The fourth-order valence-corrected chi connectivity index (χ4v) is 6.33. The number of amides is 2. The second kappa shape index (κ2) is 9.58. The Balaban J connectivity index is 1.45. The maximum atomic E-state index is 12.9. The van der Waals surface area contributed by atoms with Crippen LogP contribution in [0.15, 0.2) is 48.5 Å². The molecule has 7 heteroatoms. The number of para-hydroxylation sites is 1. The monoisotopic (exact) mass is 504 g/mol. The first-order valence-electron chi connectivity index (χ1n) is 13.5. The van der Waals surface area contributed by atoms with Crippen molar-refractivity contribution in [1.82, 2.24) is 4.90 Å². The van der Waals surface area contributed by atoms with Crippen molar-refractivity contribution >= 4 is 29.1 Å². The summed E-state index contributed by atoms with van der Waals surface area (Å²) in [5, 5.41) is 3.75. The Morgan fingerprint density at radius 3 is 2.22 bits per heavy atom. The van der Waals surface area contributed by atoms with E-state index in [4.69, 9.17) is 4.74 Å². The van der Waals surface area contributed by atoms with Crippen LogP contribution < -0.4 is 15.1 Å². The van der Waals surface area contributed by atoms with Gasteiger partial charge in [-0.1, -0.05) is 25.1 Å². The number of fused-ring (bicyclic) bond motifs is 3. The average Bonchev–Trinajstić information content (AvgIpc) is 3.11. The van der Waals surface area contributed by atoms with E-state index in [2.05, 4.69) is 54.4 Å². The van der Waals surface area contributed by atoms with Crippen molar-refractivity contribution in [3.63, 3.8) is 0 Å². The second-order valence-electron chi connectivity index (χ2n) is 11.9. The SMILES string of the molecule is CC(=O)N1c2ccc(N3C[C@H]4CC[C@@H](C3)N4C(=O)OC(C)(C)C)cc2[C@H](Nc2ccccc2)[C@@H](C)[C@@H]1C. The van der Waals surface area contributed by atoms with Gasteiger partial charge in [-0.3, -0.25) is 9.69 Å². The first kappa shape index (κ1) is 25.4. The number of nitrogens with zero attached hydrogens (tertiary/aromatic N) is 3. The molecule has 2 aromatic rings. The van der Waals surface area contributed by atoms with Gasteiger partial charge in [0, 0.05) is 54.6 Å². The fraction of sp³-hybridized carbons (Fsp3) is 0.533. The van der Waals surface area contributed by atoms with Crippen molar-refractivity contribution in [1.29, 1.82) is 0 Å². The third kappa shape index (κ3) is 4.88. The number of hydrogen-bond acceptors (Lipinski definition) is 5. The van der Waals surface area contributed by atoms with E-state index in [-0.39, 0.29) is 42.1 Å². The van der Waals surface area contributed by atoms with Gasteiger partial charge in [0.1, 0.15) is 5.60 Å². The van der Waals surface area contributed by atoms with Gasteiger partial charge in [0.25, 0.3) is 0 Å². The summed E-state index contributed by atoms with van der Waals surface area (Å²) in [6.07, 6.45) is 1.80. The number of nitrogens with one attached hydrogen (secondary N) is 1. The molecule has 1 N–H and O–H groups in total. The van der Waals surface area contributed by atoms with Crippen LogP contribution in [0.25, 0.3) is 0 Å². The van der Waals surface area contributed by atoms with Crippen LogP contribution in [0.3, 0.4) is 0 Å². The smallest absolute Gasteiger partial charge is 0.410 e. The molecule has 2 saturated heterocycles.